The van der Waals surface area contributed by atoms with Gasteiger partial charge in [-0.05, 0) is 74.4 Å². The van der Waals surface area contributed by atoms with Crippen LogP contribution in [0.5, 0.6) is 0 Å². The summed E-state index contributed by atoms with van der Waals surface area (Å²) in [6, 6.07) is 3.49. The van der Waals surface area contributed by atoms with Gasteiger partial charge in [-0.15, -0.1) is 0 Å². The van der Waals surface area contributed by atoms with Crippen LogP contribution in [0.2, 0.25) is 5.02 Å². The Morgan fingerprint density at radius 1 is 0.940 bits per heavy atom. The summed E-state index contributed by atoms with van der Waals surface area (Å²) in [5.74, 6) is -0.735. The minimum atomic E-state index is -1.39. The molecule has 1 atom stereocenters. The zero-order chi connectivity index (χ0) is 37.4. The van der Waals surface area contributed by atoms with E-state index in [1.54, 1.807) is 79.0 Å². The minimum Gasteiger partial charge on any atom is -0.467 e. The Labute approximate surface area is 304 Å². The summed E-state index contributed by atoms with van der Waals surface area (Å²) in [4.78, 5) is 68.5. The van der Waals surface area contributed by atoms with Gasteiger partial charge in [-0.2, -0.15) is 4.90 Å². The largest absolute Gasteiger partial charge is 0.467 e. The van der Waals surface area contributed by atoms with Crippen LogP contribution in [0.25, 0.3) is 11.2 Å². The van der Waals surface area contributed by atoms with E-state index < -0.39 is 46.6 Å². The van der Waals surface area contributed by atoms with Gasteiger partial charge < -0.3 is 33.7 Å². The van der Waals surface area contributed by atoms with E-state index in [1.165, 1.54) is 19.8 Å². The lowest BCUT2D eigenvalue weighted by Gasteiger charge is -2.30. The van der Waals surface area contributed by atoms with Crippen LogP contribution in [0.15, 0.2) is 29.3 Å². The molecular weight excluding hydrogens is 738 g/mol. The highest BCUT2D eigenvalue weighted by atomic mass is 79.9. The van der Waals surface area contributed by atoms with Crippen LogP contribution in [-0.4, -0.2) is 86.3 Å². The molecule has 15 nitrogen and oxygen atoms in total. The predicted octanol–water partition coefficient (Wildman–Crippen LogP) is 6.61. The van der Waals surface area contributed by atoms with Crippen LogP contribution in [0, 0.1) is 0 Å². The van der Waals surface area contributed by atoms with Gasteiger partial charge in [0.05, 0.1) is 26.5 Å². The molecule has 1 fully saturated rings. The van der Waals surface area contributed by atoms with Crippen LogP contribution < -0.4 is 15.1 Å². The third-order valence-electron chi connectivity index (χ3n) is 7.14. The topological polar surface area (TPSA) is 167 Å². The van der Waals surface area contributed by atoms with E-state index in [0.717, 1.165) is 5.56 Å². The average molecular weight is 781 g/mol. The number of anilines is 2. The van der Waals surface area contributed by atoms with Crippen LogP contribution in [0.3, 0.4) is 0 Å². The van der Waals surface area contributed by atoms with Gasteiger partial charge in [-0.1, -0.05) is 27.5 Å². The van der Waals surface area contributed by atoms with Crippen molar-refractivity contribution < 1.29 is 38.1 Å². The molecule has 0 saturated carbocycles. The van der Waals surface area contributed by atoms with E-state index in [2.05, 4.69) is 36.2 Å². The smallest absolute Gasteiger partial charge is 0.425 e. The Hall–Kier alpha value is -4.18. The summed E-state index contributed by atoms with van der Waals surface area (Å²) in [6.07, 6.45) is 0.216. The summed E-state index contributed by atoms with van der Waals surface area (Å²) in [7, 11) is 1.26. The van der Waals surface area contributed by atoms with E-state index in [4.69, 9.17) is 30.5 Å². The van der Waals surface area contributed by atoms with Gasteiger partial charge in [-0.25, -0.2) is 34.1 Å². The fraction of sp³-hybridized carbons (Fsp3) is 0.545. The van der Waals surface area contributed by atoms with Gasteiger partial charge >= 0.3 is 24.2 Å². The van der Waals surface area contributed by atoms with Crippen molar-refractivity contribution in [1.29, 1.82) is 0 Å². The number of nitrogens with zero attached hydrogens (tertiary/aromatic N) is 6. The van der Waals surface area contributed by atoms with Crippen LogP contribution >= 0.6 is 27.5 Å². The number of nitrogens with one attached hydrogen (secondary N) is 1. The number of benzene rings is 1. The average Bonchev–Trinajstić information content (AvgIpc) is 3.56. The monoisotopic (exact) mass is 779 g/mol. The summed E-state index contributed by atoms with van der Waals surface area (Å²) in [5.41, 5.74) is -2.17. The zero-order valence-corrected chi connectivity index (χ0v) is 32.2. The van der Waals surface area contributed by atoms with E-state index in [9.17, 15) is 19.2 Å². The highest BCUT2D eigenvalue weighted by Crippen LogP contribution is 2.38. The highest BCUT2D eigenvalue weighted by Gasteiger charge is 2.48. The fourth-order valence-corrected chi connectivity index (χ4v) is 6.16. The molecule has 1 N–H and O–H groups in total. The Morgan fingerprint density at radius 2 is 1.54 bits per heavy atom. The van der Waals surface area contributed by atoms with Crippen molar-refractivity contribution in [2.24, 2.45) is 0 Å². The third-order valence-corrected chi connectivity index (χ3v) is 8.06. The molecule has 1 aliphatic heterocycles. The number of halogens is 2. The van der Waals surface area contributed by atoms with Gasteiger partial charge in [0.2, 0.25) is 0 Å². The van der Waals surface area contributed by atoms with E-state index in [1.807, 2.05) is 4.90 Å². The lowest BCUT2D eigenvalue weighted by Crippen LogP contribution is -2.57. The second kappa shape index (κ2) is 14.2. The van der Waals surface area contributed by atoms with Gasteiger partial charge in [0.25, 0.3) is 0 Å². The molecule has 3 heterocycles. The van der Waals surface area contributed by atoms with E-state index in [-0.39, 0.29) is 30.8 Å². The molecule has 0 aliphatic carbocycles. The number of esters is 1. The second-order valence-corrected chi connectivity index (χ2v) is 16.1. The van der Waals surface area contributed by atoms with Crippen LogP contribution in [-0.2, 0) is 30.3 Å². The molecule has 1 aromatic carbocycles. The standard InChI is InChI=1S/C33H43BrClN7O8/c1-30(2,3)48-27(44)39-33(26(43)47-10)11-12-40(16-33)22-14-19(35)13-21(34)20(22)15-41-18-38-23-24(41)36-17-37-25(23)42(28(45)49-31(4,5)6)29(46)50-32(7,8)9/h13-14,17-18H,11-12,15-16H2,1-10H3,(H,39,44). The molecule has 0 spiro atoms. The third kappa shape index (κ3) is 9.13. The predicted molar refractivity (Wildman–Crippen MR) is 189 cm³/mol. The number of carbonyl (C=O) groups excluding carboxylic acids is 4. The number of hydrogen-bond donors (Lipinski definition) is 1. The Kier molecular flexibility index (Phi) is 11.0. The van der Waals surface area contributed by atoms with Crippen molar-refractivity contribution in [2.75, 3.05) is 30.0 Å². The first kappa shape index (κ1) is 38.6. The number of fused-ring (bicyclic) bond motifs is 1. The second-order valence-electron chi connectivity index (χ2n) is 14.8. The maximum atomic E-state index is 13.4. The van der Waals surface area contributed by atoms with Crippen molar-refractivity contribution in [3.8, 4) is 0 Å². The molecule has 272 valence electrons. The van der Waals surface area contributed by atoms with Gasteiger partial charge in [0.1, 0.15) is 23.1 Å². The number of hydrogen-bond acceptors (Lipinski definition) is 12. The van der Waals surface area contributed by atoms with E-state index in [0.29, 0.717) is 32.3 Å². The van der Waals surface area contributed by atoms with Crippen molar-refractivity contribution in [2.45, 2.75) is 97.6 Å². The number of carbonyl (C=O) groups is 4. The first-order valence-corrected chi connectivity index (χ1v) is 16.9. The Balaban J connectivity index is 1.74. The molecule has 1 aliphatic rings. The molecule has 4 rings (SSSR count). The SMILES string of the molecule is COC(=O)C1(NC(=O)OC(C)(C)C)CCN(c2cc(Cl)cc(Br)c2Cn2cnc3c(N(C(=O)OC(C)(C)C)C(=O)OC(C)(C)C)ncnc32)C1. The molecule has 1 saturated heterocycles. The molecule has 3 amide bonds. The maximum Gasteiger partial charge on any atom is 0.425 e. The highest BCUT2D eigenvalue weighted by molar-refractivity contribution is 9.10. The molecule has 17 heteroatoms. The van der Waals surface area contributed by atoms with Crippen molar-refractivity contribution in [1.82, 2.24) is 24.8 Å². The van der Waals surface area contributed by atoms with Crippen molar-refractivity contribution in [3.63, 3.8) is 0 Å². The summed E-state index contributed by atoms with van der Waals surface area (Å²) >= 11 is 10.2. The number of amides is 3. The van der Waals surface area contributed by atoms with E-state index >= 15 is 0 Å². The molecule has 2 aromatic heterocycles. The number of imidazole rings is 1. The number of rotatable bonds is 6. The van der Waals surface area contributed by atoms with Crippen LogP contribution in [0.4, 0.5) is 25.9 Å². The Morgan fingerprint density at radius 3 is 2.10 bits per heavy atom. The number of alkyl carbamates (subject to hydrolysis) is 1. The van der Waals surface area contributed by atoms with Gasteiger partial charge in [0, 0.05) is 33.7 Å². The molecular formula is C33H43BrClN7O8. The Bertz CT molecular complexity index is 1770. The first-order valence-electron chi connectivity index (χ1n) is 15.8. The summed E-state index contributed by atoms with van der Waals surface area (Å²) in [6.45, 7) is 15.8. The molecule has 0 bridgehead atoms. The summed E-state index contributed by atoms with van der Waals surface area (Å²) in [5, 5.41) is 3.17. The molecule has 1 unspecified atom stereocenters. The molecule has 50 heavy (non-hydrogen) atoms. The lowest BCUT2D eigenvalue weighted by atomic mass is 9.99. The maximum absolute atomic E-state index is 13.4. The van der Waals surface area contributed by atoms with Crippen molar-refractivity contribution in [3.05, 3.63) is 39.8 Å². The quantitative estimate of drug-likeness (QED) is 0.210. The number of methoxy groups -OCH3 is 1. The minimum absolute atomic E-state index is 0.0659. The zero-order valence-electron chi connectivity index (χ0n) is 29.8. The number of aromatic nitrogens is 4. The van der Waals surface area contributed by atoms with Gasteiger partial charge in [-0.3, -0.25) is 0 Å². The van der Waals surface area contributed by atoms with Crippen molar-refractivity contribution >= 4 is 74.4 Å². The molecule has 3 aromatic rings. The fourth-order valence-electron chi connectivity index (χ4n) is 5.24. The molecule has 0 radical (unpaired) electrons. The first-order chi connectivity index (χ1) is 23.0. The number of ether oxygens (including phenoxy) is 4. The lowest BCUT2D eigenvalue weighted by molar-refractivity contribution is -0.147. The summed E-state index contributed by atoms with van der Waals surface area (Å²) < 4.78 is 24.0. The number of imide groups is 1. The van der Waals surface area contributed by atoms with Gasteiger partial charge in [0.15, 0.2) is 22.5 Å². The normalized spacial score (nSPS) is 16.6. The van der Waals surface area contributed by atoms with Crippen LogP contribution in [0.1, 0.15) is 74.3 Å².